The van der Waals surface area contributed by atoms with Gasteiger partial charge < -0.3 is 15.6 Å². The van der Waals surface area contributed by atoms with Gasteiger partial charge in [0.05, 0.1) is 22.9 Å². The van der Waals surface area contributed by atoms with Crippen molar-refractivity contribution in [3.8, 4) is 6.07 Å². The molecule has 0 bridgehead atoms. The van der Waals surface area contributed by atoms with Gasteiger partial charge in [0, 0.05) is 29.9 Å². The van der Waals surface area contributed by atoms with E-state index in [-0.39, 0.29) is 22.3 Å². The number of nitrogens with one attached hydrogen (secondary N) is 1. The molecule has 0 aliphatic rings. The largest absolute Gasteiger partial charge is 0.417 e. The molecular weight excluding hydrogens is 295 g/mol. The molecule has 0 spiro atoms. The van der Waals surface area contributed by atoms with Crippen molar-refractivity contribution < 1.29 is 13.2 Å². The van der Waals surface area contributed by atoms with Crippen LogP contribution in [0, 0.1) is 11.3 Å². The van der Waals surface area contributed by atoms with E-state index in [0.29, 0.717) is 12.1 Å². The molecule has 0 aromatic carbocycles. The average molecular weight is 309 g/mol. The lowest BCUT2D eigenvalue weighted by atomic mass is 10.1. The van der Waals surface area contributed by atoms with Crippen LogP contribution in [0.15, 0.2) is 24.0 Å². The first-order valence-electron chi connectivity index (χ1n) is 6.32. The maximum atomic E-state index is 12.8. The Bertz CT molecular complexity index is 765. The van der Waals surface area contributed by atoms with E-state index < -0.39 is 11.7 Å². The maximum absolute atomic E-state index is 12.8. The van der Waals surface area contributed by atoms with Gasteiger partial charge in [-0.1, -0.05) is 0 Å². The van der Waals surface area contributed by atoms with Crippen LogP contribution >= 0.6 is 0 Å². The number of fused-ring (bicyclic) bond motifs is 1. The number of alkyl halides is 3. The summed E-state index contributed by atoms with van der Waals surface area (Å²) < 4.78 is 38.4. The van der Waals surface area contributed by atoms with Crippen LogP contribution in [0.3, 0.4) is 0 Å². The van der Waals surface area contributed by atoms with Gasteiger partial charge in [0.1, 0.15) is 5.65 Å². The topological polar surface area (TPSA) is 81.7 Å². The zero-order valence-corrected chi connectivity index (χ0v) is 12.0. The summed E-state index contributed by atoms with van der Waals surface area (Å²) in [6.07, 6.45) is -2.27. The third-order valence-corrected chi connectivity index (χ3v) is 3.08. The fraction of sp³-hybridized carbons (Fsp3) is 0.286. The van der Waals surface area contributed by atoms with Gasteiger partial charge in [0.15, 0.2) is 0 Å². The van der Waals surface area contributed by atoms with E-state index in [1.165, 1.54) is 6.20 Å². The summed E-state index contributed by atoms with van der Waals surface area (Å²) in [5, 5.41) is 9.41. The highest BCUT2D eigenvalue weighted by Crippen LogP contribution is 2.32. The minimum Gasteiger partial charge on any atom is -0.397 e. The highest BCUT2D eigenvalue weighted by Gasteiger charge is 2.31. The summed E-state index contributed by atoms with van der Waals surface area (Å²) in [5.41, 5.74) is 6.16. The van der Waals surface area contributed by atoms with E-state index in [9.17, 15) is 18.4 Å². The van der Waals surface area contributed by atoms with E-state index in [2.05, 4.69) is 9.97 Å². The van der Waals surface area contributed by atoms with E-state index in [4.69, 9.17) is 5.73 Å². The van der Waals surface area contributed by atoms with Crippen LogP contribution < -0.4 is 5.73 Å². The third kappa shape index (κ3) is 3.04. The SMILES string of the molecule is CN(C)C/C(C#N)=C(\N)c1c[nH]c2ncc(C(F)(F)F)cc12. The quantitative estimate of drug-likeness (QED) is 0.853. The molecule has 0 radical (unpaired) electrons. The first-order chi connectivity index (χ1) is 10.2. The number of nitriles is 1. The van der Waals surface area contributed by atoms with Gasteiger partial charge in [-0.2, -0.15) is 18.4 Å². The number of pyridine rings is 1. The highest BCUT2D eigenvalue weighted by molar-refractivity contribution is 5.91. The minimum absolute atomic E-state index is 0.142. The second-order valence-electron chi connectivity index (χ2n) is 5.06. The number of halogens is 3. The standard InChI is InChI=1S/C14H14F3N5/c1-22(2)7-8(4-18)12(19)11-6-21-13-10(11)3-9(5-20-13)14(15,16)17/h3,5-6H,7,19H2,1-2H3,(H,20,21)/b12-8-. The van der Waals surface area contributed by atoms with Crippen LogP contribution in [0.25, 0.3) is 16.7 Å². The number of H-pyrrole nitrogens is 1. The molecule has 0 aliphatic heterocycles. The summed E-state index contributed by atoms with van der Waals surface area (Å²) >= 11 is 0. The lowest BCUT2D eigenvalue weighted by Crippen LogP contribution is -2.17. The number of aromatic amines is 1. The molecule has 22 heavy (non-hydrogen) atoms. The first kappa shape index (κ1) is 15.9. The Balaban J connectivity index is 2.61. The second-order valence-corrected chi connectivity index (χ2v) is 5.06. The molecule has 0 fully saturated rings. The van der Waals surface area contributed by atoms with Crippen molar-refractivity contribution in [2.24, 2.45) is 5.73 Å². The van der Waals surface area contributed by atoms with Crippen molar-refractivity contribution in [1.29, 1.82) is 5.26 Å². The van der Waals surface area contributed by atoms with Crippen molar-refractivity contribution in [2.45, 2.75) is 6.18 Å². The number of nitrogens with two attached hydrogens (primary N) is 1. The van der Waals surface area contributed by atoms with Gasteiger partial charge in [-0.25, -0.2) is 4.98 Å². The van der Waals surface area contributed by atoms with Gasteiger partial charge in [0.2, 0.25) is 0 Å². The Labute approximate surface area is 124 Å². The Kier molecular flexibility index (Phi) is 4.10. The summed E-state index contributed by atoms with van der Waals surface area (Å²) in [5.74, 6) is 0. The fourth-order valence-corrected chi connectivity index (χ4v) is 2.04. The number of rotatable bonds is 3. The predicted octanol–water partition coefficient (Wildman–Crippen LogP) is 2.34. The molecule has 0 saturated carbocycles. The molecule has 5 nitrogen and oxygen atoms in total. The average Bonchev–Trinajstić information content (AvgIpc) is 2.85. The van der Waals surface area contributed by atoms with Crippen molar-refractivity contribution >= 4 is 16.7 Å². The van der Waals surface area contributed by atoms with Crippen LogP contribution in [-0.4, -0.2) is 35.5 Å². The number of hydrogen-bond acceptors (Lipinski definition) is 4. The molecule has 116 valence electrons. The Hall–Kier alpha value is -2.53. The molecule has 2 aromatic rings. The molecule has 2 aromatic heterocycles. The molecule has 0 unspecified atom stereocenters. The van der Waals surface area contributed by atoms with Gasteiger partial charge in [0.25, 0.3) is 0 Å². The van der Waals surface area contributed by atoms with E-state index in [1.54, 1.807) is 19.0 Å². The van der Waals surface area contributed by atoms with Gasteiger partial charge in [-0.05, 0) is 20.2 Å². The third-order valence-electron chi connectivity index (χ3n) is 3.08. The van der Waals surface area contributed by atoms with E-state index >= 15 is 0 Å². The molecular formula is C14H14F3N5. The molecule has 0 atom stereocenters. The number of aromatic nitrogens is 2. The summed E-state index contributed by atoms with van der Waals surface area (Å²) in [4.78, 5) is 8.26. The van der Waals surface area contributed by atoms with Crippen LogP contribution in [-0.2, 0) is 6.18 Å². The number of hydrogen-bond donors (Lipinski definition) is 2. The Morgan fingerprint density at radius 3 is 2.68 bits per heavy atom. The van der Waals surface area contributed by atoms with Gasteiger partial charge in [-0.3, -0.25) is 0 Å². The van der Waals surface area contributed by atoms with Gasteiger partial charge >= 0.3 is 6.18 Å². The Morgan fingerprint density at radius 1 is 1.45 bits per heavy atom. The number of likely N-dealkylation sites (N-methyl/N-ethyl adjacent to an activating group) is 1. The van der Waals surface area contributed by atoms with Crippen molar-refractivity contribution in [3.63, 3.8) is 0 Å². The lowest BCUT2D eigenvalue weighted by Gasteiger charge is -2.11. The van der Waals surface area contributed by atoms with Crippen molar-refractivity contribution in [1.82, 2.24) is 14.9 Å². The van der Waals surface area contributed by atoms with Crippen molar-refractivity contribution in [2.75, 3.05) is 20.6 Å². The smallest absolute Gasteiger partial charge is 0.397 e. The Morgan fingerprint density at radius 2 is 2.14 bits per heavy atom. The second kappa shape index (κ2) is 5.69. The monoisotopic (exact) mass is 309 g/mol. The van der Waals surface area contributed by atoms with Crippen LogP contribution in [0.2, 0.25) is 0 Å². The van der Waals surface area contributed by atoms with Crippen LogP contribution in [0.5, 0.6) is 0 Å². The molecule has 0 saturated heterocycles. The minimum atomic E-state index is -4.49. The van der Waals surface area contributed by atoms with E-state index in [1.807, 2.05) is 6.07 Å². The van der Waals surface area contributed by atoms with Crippen LogP contribution in [0.1, 0.15) is 11.1 Å². The molecule has 2 heterocycles. The molecule has 2 rings (SSSR count). The lowest BCUT2D eigenvalue weighted by molar-refractivity contribution is -0.137. The summed E-state index contributed by atoms with van der Waals surface area (Å²) in [7, 11) is 3.53. The number of nitrogens with zero attached hydrogens (tertiary/aromatic N) is 3. The summed E-state index contributed by atoms with van der Waals surface area (Å²) in [6, 6.07) is 2.97. The first-order valence-corrected chi connectivity index (χ1v) is 6.32. The molecule has 0 aliphatic carbocycles. The molecule has 3 N–H and O–H groups in total. The maximum Gasteiger partial charge on any atom is 0.417 e. The normalized spacial score (nSPS) is 13.3. The zero-order chi connectivity index (χ0) is 16.5. The molecule has 0 amide bonds. The molecule has 8 heteroatoms. The van der Waals surface area contributed by atoms with Gasteiger partial charge in [-0.15, -0.1) is 0 Å². The zero-order valence-electron chi connectivity index (χ0n) is 12.0. The van der Waals surface area contributed by atoms with E-state index in [0.717, 1.165) is 12.3 Å². The van der Waals surface area contributed by atoms with Crippen molar-refractivity contribution in [3.05, 3.63) is 35.2 Å². The fourth-order valence-electron chi connectivity index (χ4n) is 2.04. The predicted molar refractivity (Wildman–Crippen MR) is 76.4 cm³/mol. The highest BCUT2D eigenvalue weighted by atomic mass is 19.4. The van der Waals surface area contributed by atoms with Crippen LogP contribution in [0.4, 0.5) is 13.2 Å². The summed E-state index contributed by atoms with van der Waals surface area (Å²) in [6.45, 7) is 0.293.